The molecule has 0 fully saturated rings. The molecular weight excluding hydrogens is 440 g/mol. The minimum absolute atomic E-state index is 0.0795. The van der Waals surface area contributed by atoms with Crippen molar-refractivity contribution < 1.29 is 9.72 Å². The van der Waals surface area contributed by atoms with Gasteiger partial charge in [0.15, 0.2) is 5.82 Å². The first kappa shape index (κ1) is 20.8. The summed E-state index contributed by atoms with van der Waals surface area (Å²) in [6.07, 6.45) is 4.21. The summed E-state index contributed by atoms with van der Waals surface area (Å²) in [4.78, 5) is 23.4. The van der Waals surface area contributed by atoms with Gasteiger partial charge in [-0.1, -0.05) is 41.4 Å². The molecule has 1 N–H and O–H groups in total. The second kappa shape index (κ2) is 8.70. The lowest BCUT2D eigenvalue weighted by Crippen LogP contribution is -2.12. The molecule has 0 aliphatic carbocycles. The van der Waals surface area contributed by atoms with Crippen LogP contribution in [0.4, 0.5) is 11.5 Å². The van der Waals surface area contributed by atoms with E-state index in [1.165, 1.54) is 28.4 Å². The van der Waals surface area contributed by atoms with E-state index in [4.69, 9.17) is 11.6 Å². The van der Waals surface area contributed by atoms with Crippen LogP contribution in [0.3, 0.4) is 0 Å². The van der Waals surface area contributed by atoms with Crippen molar-refractivity contribution in [3.8, 4) is 0 Å². The number of carbonyl (C=O) groups excluding carboxylic acids is 1. The van der Waals surface area contributed by atoms with Gasteiger partial charge in [0.2, 0.25) is 0 Å². The summed E-state index contributed by atoms with van der Waals surface area (Å²) in [6.45, 7) is 2.88. The maximum absolute atomic E-state index is 12.6. The zero-order chi connectivity index (χ0) is 22.0. The molecule has 0 atom stereocenters. The molecule has 0 saturated heterocycles. The zero-order valence-electron chi connectivity index (χ0n) is 16.4. The van der Waals surface area contributed by atoms with E-state index in [1.54, 1.807) is 22.3 Å². The summed E-state index contributed by atoms with van der Waals surface area (Å²) in [5, 5.41) is 24.0. The molecule has 3 aromatic heterocycles. The molecular formula is C20H17ClN6O3S. The van der Waals surface area contributed by atoms with E-state index in [1.807, 2.05) is 25.1 Å². The van der Waals surface area contributed by atoms with Crippen molar-refractivity contribution in [3.05, 3.63) is 91.0 Å². The highest BCUT2D eigenvalue weighted by molar-refractivity contribution is 7.12. The van der Waals surface area contributed by atoms with E-state index in [9.17, 15) is 14.9 Å². The number of nitrogens with one attached hydrogen (secondary N) is 1. The lowest BCUT2D eigenvalue weighted by atomic mass is 10.1. The van der Waals surface area contributed by atoms with E-state index < -0.39 is 4.92 Å². The van der Waals surface area contributed by atoms with Crippen LogP contribution in [-0.4, -0.2) is 30.4 Å². The summed E-state index contributed by atoms with van der Waals surface area (Å²) in [5.41, 5.74) is 2.97. The number of anilines is 1. The number of amides is 1. The molecule has 31 heavy (non-hydrogen) atoms. The number of aromatic nitrogens is 4. The Hall–Kier alpha value is -3.50. The Morgan fingerprint density at radius 2 is 2.03 bits per heavy atom. The Morgan fingerprint density at radius 3 is 2.77 bits per heavy atom. The fraction of sp³-hybridized carbons (Fsp3) is 0.150. The second-order valence-corrected chi connectivity index (χ2v) is 8.26. The van der Waals surface area contributed by atoms with Crippen LogP contribution < -0.4 is 5.32 Å². The van der Waals surface area contributed by atoms with Crippen molar-refractivity contribution in [3.63, 3.8) is 0 Å². The molecule has 0 spiro atoms. The molecule has 11 heteroatoms. The third-order valence-corrected chi connectivity index (χ3v) is 5.68. The van der Waals surface area contributed by atoms with Gasteiger partial charge in [0, 0.05) is 6.20 Å². The van der Waals surface area contributed by atoms with Crippen molar-refractivity contribution >= 4 is 40.4 Å². The van der Waals surface area contributed by atoms with Gasteiger partial charge in [-0.05, 0) is 29.5 Å². The van der Waals surface area contributed by atoms with Crippen LogP contribution >= 0.6 is 22.9 Å². The van der Waals surface area contributed by atoms with Crippen LogP contribution in [0.25, 0.3) is 0 Å². The highest BCUT2D eigenvalue weighted by Crippen LogP contribution is 2.23. The van der Waals surface area contributed by atoms with Crippen molar-refractivity contribution in [2.45, 2.75) is 20.0 Å². The molecule has 1 aromatic carbocycles. The highest BCUT2D eigenvalue weighted by atomic mass is 35.5. The molecule has 3 heterocycles. The molecule has 0 saturated carbocycles. The van der Waals surface area contributed by atoms with Crippen molar-refractivity contribution in [2.24, 2.45) is 0 Å². The number of nitro groups is 1. The van der Waals surface area contributed by atoms with Crippen molar-refractivity contribution in [2.75, 3.05) is 5.32 Å². The maximum atomic E-state index is 12.6. The standard InChI is InChI=1S/C20H17ClN6O3S/c1-13-3-2-4-14(5-13)8-26-11-17(21)19(24-26)23-20(28)18-6-15(12-31-18)9-25-10-16(7-22-25)27(29)30/h2-7,10-12H,8-9H2,1H3,(H,23,24,28). The van der Waals surface area contributed by atoms with Gasteiger partial charge in [0.1, 0.15) is 17.4 Å². The number of nitrogens with zero attached hydrogens (tertiary/aromatic N) is 5. The van der Waals surface area contributed by atoms with Crippen LogP contribution in [-0.2, 0) is 13.1 Å². The highest BCUT2D eigenvalue weighted by Gasteiger charge is 2.15. The average Bonchev–Trinajstić information content (AvgIpc) is 3.44. The van der Waals surface area contributed by atoms with Crippen LogP contribution in [0.1, 0.15) is 26.4 Å². The van der Waals surface area contributed by atoms with Crippen LogP contribution in [0.2, 0.25) is 5.02 Å². The Bertz CT molecular complexity index is 1260. The van der Waals surface area contributed by atoms with Crippen molar-refractivity contribution in [1.82, 2.24) is 19.6 Å². The fourth-order valence-corrected chi connectivity index (χ4v) is 4.02. The van der Waals surface area contributed by atoms with Crippen molar-refractivity contribution in [1.29, 1.82) is 0 Å². The quantitative estimate of drug-likeness (QED) is 0.328. The molecule has 0 aliphatic rings. The normalized spacial score (nSPS) is 10.9. The zero-order valence-corrected chi connectivity index (χ0v) is 17.9. The summed E-state index contributed by atoms with van der Waals surface area (Å²) in [6, 6.07) is 9.78. The lowest BCUT2D eigenvalue weighted by molar-refractivity contribution is -0.385. The van der Waals surface area contributed by atoms with E-state index in [-0.39, 0.29) is 17.4 Å². The monoisotopic (exact) mass is 456 g/mol. The van der Waals surface area contributed by atoms with Crippen LogP contribution in [0, 0.1) is 17.0 Å². The van der Waals surface area contributed by atoms with Gasteiger partial charge in [-0.25, -0.2) is 0 Å². The van der Waals surface area contributed by atoms with Gasteiger partial charge in [0.05, 0.1) is 22.9 Å². The summed E-state index contributed by atoms with van der Waals surface area (Å²) >= 11 is 7.51. The van der Waals surface area contributed by atoms with E-state index >= 15 is 0 Å². The van der Waals surface area contributed by atoms with Crippen LogP contribution in [0.5, 0.6) is 0 Å². The molecule has 1 amide bonds. The van der Waals surface area contributed by atoms with E-state index in [0.717, 1.165) is 16.7 Å². The number of rotatable bonds is 7. The summed E-state index contributed by atoms with van der Waals surface area (Å²) < 4.78 is 3.13. The van der Waals surface area contributed by atoms with Gasteiger partial charge in [-0.15, -0.1) is 11.3 Å². The SMILES string of the molecule is Cc1cccc(Cn2cc(Cl)c(NC(=O)c3cc(Cn4cc([N+](=O)[O-])cn4)cs3)n2)c1. The first-order valence-electron chi connectivity index (χ1n) is 9.21. The maximum Gasteiger partial charge on any atom is 0.307 e. The smallest absolute Gasteiger partial charge is 0.303 e. The fourth-order valence-electron chi connectivity index (χ4n) is 3.03. The third-order valence-electron chi connectivity index (χ3n) is 4.43. The number of halogens is 1. The van der Waals surface area contributed by atoms with E-state index in [2.05, 4.69) is 21.6 Å². The first-order valence-corrected chi connectivity index (χ1v) is 10.5. The average molecular weight is 457 g/mol. The lowest BCUT2D eigenvalue weighted by Gasteiger charge is -2.03. The number of hydrogen-bond donors (Lipinski definition) is 1. The Labute approximate surface area is 186 Å². The topological polar surface area (TPSA) is 108 Å². The number of benzene rings is 1. The molecule has 9 nitrogen and oxygen atoms in total. The van der Waals surface area contributed by atoms with Gasteiger partial charge in [0.25, 0.3) is 5.91 Å². The molecule has 0 radical (unpaired) electrons. The van der Waals surface area contributed by atoms with Gasteiger partial charge < -0.3 is 5.32 Å². The van der Waals surface area contributed by atoms with Crippen LogP contribution in [0.15, 0.2) is 54.3 Å². The molecule has 0 aliphatic heterocycles. The minimum atomic E-state index is -0.502. The Morgan fingerprint density at radius 1 is 1.23 bits per heavy atom. The Kier molecular flexibility index (Phi) is 5.83. The molecule has 0 bridgehead atoms. The predicted octanol–water partition coefficient (Wildman–Crippen LogP) is 4.36. The molecule has 4 aromatic rings. The number of hydrogen-bond acceptors (Lipinski definition) is 6. The molecule has 4 rings (SSSR count). The third kappa shape index (κ3) is 4.98. The largest absolute Gasteiger partial charge is 0.307 e. The molecule has 0 unspecified atom stereocenters. The Balaban J connectivity index is 1.41. The molecule has 158 valence electrons. The minimum Gasteiger partial charge on any atom is -0.303 e. The second-order valence-electron chi connectivity index (χ2n) is 6.94. The number of thiophene rings is 1. The number of carbonyl (C=O) groups is 1. The first-order chi connectivity index (χ1) is 14.9. The summed E-state index contributed by atoms with van der Waals surface area (Å²) in [7, 11) is 0. The number of aryl methyl sites for hydroxylation is 1. The van der Waals surface area contributed by atoms with Gasteiger partial charge in [-0.2, -0.15) is 10.2 Å². The van der Waals surface area contributed by atoms with Gasteiger partial charge >= 0.3 is 5.69 Å². The summed E-state index contributed by atoms with van der Waals surface area (Å²) in [5.74, 6) is -0.0395. The van der Waals surface area contributed by atoms with E-state index in [0.29, 0.717) is 23.0 Å². The van der Waals surface area contributed by atoms with Gasteiger partial charge in [-0.3, -0.25) is 24.3 Å². The predicted molar refractivity (Wildman–Crippen MR) is 118 cm³/mol.